The molecule has 2 aromatic carbocycles. The Morgan fingerprint density at radius 2 is 1.54 bits per heavy atom. The number of nitrogens with one attached hydrogen (secondary N) is 2. The summed E-state index contributed by atoms with van der Waals surface area (Å²) < 4.78 is 0. The number of halogens is 1. The number of anilines is 3. The Kier molecular flexibility index (Phi) is 5.14. The van der Waals surface area contributed by atoms with Gasteiger partial charge in [0, 0.05) is 11.4 Å². The molecular weight excluding hydrogens is 326 g/mol. The van der Waals surface area contributed by atoms with Crippen molar-refractivity contribution in [3.63, 3.8) is 0 Å². The Morgan fingerprint density at radius 3 is 2.12 bits per heavy atom. The number of benzene rings is 2. The van der Waals surface area contributed by atoms with E-state index in [0.717, 1.165) is 5.56 Å². The Hall–Kier alpha value is -2.53. The zero-order valence-electron chi connectivity index (χ0n) is 13.8. The van der Waals surface area contributed by atoms with E-state index in [4.69, 9.17) is 17.3 Å². The quantitative estimate of drug-likeness (QED) is 0.571. The minimum atomic E-state index is -0.801. The molecule has 0 radical (unpaired) electrons. The molecule has 0 spiro atoms. The summed E-state index contributed by atoms with van der Waals surface area (Å²) in [6.45, 7) is 6.10. The second-order valence-corrected chi connectivity index (χ2v) is 6.85. The van der Waals surface area contributed by atoms with Crippen molar-refractivity contribution in [3.05, 3.63) is 53.1 Å². The highest BCUT2D eigenvalue weighted by Gasteiger charge is 2.21. The minimum Gasteiger partial charge on any atom is -0.399 e. The van der Waals surface area contributed by atoms with Gasteiger partial charge in [-0.25, -0.2) is 0 Å². The molecule has 0 bridgehead atoms. The number of carbonyl (C=O) groups excluding carboxylic acids is 2. The van der Waals surface area contributed by atoms with Crippen LogP contribution in [-0.2, 0) is 15.0 Å². The number of amides is 2. The molecule has 2 amide bonds. The lowest BCUT2D eigenvalue weighted by atomic mass is 9.86. The van der Waals surface area contributed by atoms with E-state index >= 15 is 0 Å². The van der Waals surface area contributed by atoms with Gasteiger partial charge in [-0.15, -0.1) is 0 Å². The number of rotatable bonds is 2. The topological polar surface area (TPSA) is 84.2 Å². The Bertz CT molecular complexity index is 782. The summed E-state index contributed by atoms with van der Waals surface area (Å²) in [6.07, 6.45) is 0. The third-order valence-electron chi connectivity index (χ3n) is 3.43. The third-order valence-corrected chi connectivity index (χ3v) is 3.74. The van der Waals surface area contributed by atoms with Gasteiger partial charge in [0.15, 0.2) is 0 Å². The first-order valence-electron chi connectivity index (χ1n) is 7.45. The molecule has 0 heterocycles. The average molecular weight is 346 g/mol. The fourth-order valence-corrected chi connectivity index (χ4v) is 2.47. The van der Waals surface area contributed by atoms with Gasteiger partial charge in [0.1, 0.15) is 0 Å². The highest BCUT2D eigenvalue weighted by molar-refractivity contribution is 6.45. The lowest BCUT2D eigenvalue weighted by Gasteiger charge is -2.22. The van der Waals surface area contributed by atoms with Gasteiger partial charge in [0.05, 0.1) is 10.7 Å². The summed E-state index contributed by atoms with van der Waals surface area (Å²) >= 11 is 6.00. The van der Waals surface area contributed by atoms with Crippen molar-refractivity contribution >= 4 is 40.5 Å². The molecule has 0 saturated carbocycles. The number of hydrogen-bond acceptors (Lipinski definition) is 3. The van der Waals surface area contributed by atoms with Crippen LogP contribution in [0, 0.1) is 0 Å². The van der Waals surface area contributed by atoms with Gasteiger partial charge in [-0.1, -0.05) is 50.6 Å². The third kappa shape index (κ3) is 4.26. The van der Waals surface area contributed by atoms with Gasteiger partial charge in [-0.3, -0.25) is 9.59 Å². The fraction of sp³-hybridized carbons (Fsp3) is 0.222. The normalized spacial score (nSPS) is 11.0. The molecule has 126 valence electrons. The smallest absolute Gasteiger partial charge is 0.314 e. The second kappa shape index (κ2) is 6.93. The van der Waals surface area contributed by atoms with Crippen molar-refractivity contribution in [2.45, 2.75) is 26.2 Å². The van der Waals surface area contributed by atoms with Crippen molar-refractivity contribution in [1.29, 1.82) is 0 Å². The van der Waals surface area contributed by atoms with Crippen LogP contribution in [0.1, 0.15) is 26.3 Å². The van der Waals surface area contributed by atoms with Crippen LogP contribution in [0.3, 0.4) is 0 Å². The maximum absolute atomic E-state index is 12.2. The number of carbonyl (C=O) groups is 2. The largest absolute Gasteiger partial charge is 0.399 e. The predicted octanol–water partition coefficient (Wildman–Crippen LogP) is 3.80. The number of nitrogens with two attached hydrogens (primary N) is 1. The summed E-state index contributed by atoms with van der Waals surface area (Å²) in [4.78, 5) is 24.3. The van der Waals surface area contributed by atoms with Crippen molar-refractivity contribution in [1.82, 2.24) is 0 Å². The number of nitrogen functional groups attached to an aromatic ring is 1. The molecule has 24 heavy (non-hydrogen) atoms. The average Bonchev–Trinajstić information content (AvgIpc) is 2.49. The molecule has 0 aliphatic heterocycles. The summed E-state index contributed by atoms with van der Waals surface area (Å²) in [5.41, 5.74) is 7.78. The molecular formula is C18H20ClN3O2. The summed E-state index contributed by atoms with van der Waals surface area (Å²) in [5.74, 6) is -1.56. The van der Waals surface area contributed by atoms with Gasteiger partial charge in [-0.05, 0) is 35.2 Å². The van der Waals surface area contributed by atoms with Crippen molar-refractivity contribution < 1.29 is 9.59 Å². The van der Waals surface area contributed by atoms with E-state index in [1.165, 1.54) is 6.07 Å². The van der Waals surface area contributed by atoms with Crippen LogP contribution in [0.25, 0.3) is 0 Å². The predicted molar refractivity (Wildman–Crippen MR) is 98.3 cm³/mol. The van der Waals surface area contributed by atoms with Gasteiger partial charge >= 0.3 is 11.8 Å². The van der Waals surface area contributed by atoms with E-state index in [9.17, 15) is 9.59 Å². The number of hydrogen-bond donors (Lipinski definition) is 3. The van der Waals surface area contributed by atoms with Crippen LogP contribution in [0.5, 0.6) is 0 Å². The van der Waals surface area contributed by atoms with E-state index in [2.05, 4.69) is 10.6 Å². The SMILES string of the molecule is CC(C)(C)c1ccccc1NC(=O)C(=O)Nc1ccc(N)cc1Cl. The van der Waals surface area contributed by atoms with Gasteiger partial charge in [0.25, 0.3) is 0 Å². The van der Waals surface area contributed by atoms with Crippen molar-refractivity contribution in [2.24, 2.45) is 0 Å². The summed E-state index contributed by atoms with van der Waals surface area (Å²) in [7, 11) is 0. The molecule has 0 atom stereocenters. The van der Waals surface area contributed by atoms with Gasteiger partial charge in [-0.2, -0.15) is 0 Å². The minimum absolute atomic E-state index is 0.166. The van der Waals surface area contributed by atoms with E-state index in [1.54, 1.807) is 24.3 Å². The van der Waals surface area contributed by atoms with E-state index in [-0.39, 0.29) is 10.4 Å². The Balaban J connectivity index is 2.14. The first kappa shape index (κ1) is 17.8. The molecule has 0 aromatic heterocycles. The summed E-state index contributed by atoms with van der Waals surface area (Å²) in [6, 6.07) is 12.0. The standard InChI is InChI=1S/C18H20ClN3O2/c1-18(2,3)12-6-4-5-7-14(12)21-16(23)17(24)22-15-9-8-11(20)10-13(15)19/h4-10H,20H2,1-3H3,(H,21,23)(H,22,24). The van der Waals surface area contributed by atoms with E-state index < -0.39 is 11.8 Å². The Morgan fingerprint density at radius 1 is 0.958 bits per heavy atom. The lowest BCUT2D eigenvalue weighted by Crippen LogP contribution is -2.30. The molecule has 0 saturated heterocycles. The van der Waals surface area contributed by atoms with E-state index in [1.807, 2.05) is 32.9 Å². The zero-order chi connectivity index (χ0) is 17.9. The highest BCUT2D eigenvalue weighted by atomic mass is 35.5. The van der Waals surface area contributed by atoms with Crippen LogP contribution < -0.4 is 16.4 Å². The van der Waals surface area contributed by atoms with Crippen molar-refractivity contribution in [3.8, 4) is 0 Å². The maximum atomic E-state index is 12.2. The molecule has 5 nitrogen and oxygen atoms in total. The van der Waals surface area contributed by atoms with Gasteiger partial charge < -0.3 is 16.4 Å². The molecule has 2 rings (SSSR count). The fourth-order valence-electron chi connectivity index (χ4n) is 2.24. The molecule has 0 aliphatic carbocycles. The van der Waals surface area contributed by atoms with Crippen LogP contribution in [-0.4, -0.2) is 11.8 Å². The first-order valence-corrected chi connectivity index (χ1v) is 7.83. The van der Waals surface area contributed by atoms with Crippen LogP contribution in [0.4, 0.5) is 17.1 Å². The number of para-hydroxylation sites is 1. The maximum Gasteiger partial charge on any atom is 0.314 e. The molecule has 0 unspecified atom stereocenters. The molecule has 0 fully saturated rings. The van der Waals surface area contributed by atoms with Crippen LogP contribution in [0.2, 0.25) is 5.02 Å². The molecule has 2 aromatic rings. The Labute approximate surface area is 146 Å². The molecule has 4 N–H and O–H groups in total. The lowest BCUT2D eigenvalue weighted by molar-refractivity contribution is -0.133. The highest BCUT2D eigenvalue weighted by Crippen LogP contribution is 2.29. The first-order chi connectivity index (χ1) is 11.2. The zero-order valence-corrected chi connectivity index (χ0v) is 14.6. The molecule has 6 heteroatoms. The monoisotopic (exact) mass is 345 g/mol. The van der Waals surface area contributed by atoms with Crippen LogP contribution in [0.15, 0.2) is 42.5 Å². The van der Waals surface area contributed by atoms with Gasteiger partial charge in [0.2, 0.25) is 0 Å². The van der Waals surface area contributed by atoms with E-state index in [0.29, 0.717) is 17.1 Å². The summed E-state index contributed by atoms with van der Waals surface area (Å²) in [5, 5.41) is 5.40. The van der Waals surface area contributed by atoms with Crippen molar-refractivity contribution in [2.75, 3.05) is 16.4 Å². The van der Waals surface area contributed by atoms with Crippen LogP contribution >= 0.6 is 11.6 Å². The molecule has 0 aliphatic rings. The second-order valence-electron chi connectivity index (χ2n) is 6.44.